The predicted octanol–water partition coefficient (Wildman–Crippen LogP) is 3.41. The highest BCUT2D eigenvalue weighted by atomic mass is 32.2. The van der Waals surface area contributed by atoms with E-state index in [1.165, 1.54) is 0 Å². The summed E-state index contributed by atoms with van der Waals surface area (Å²) in [5, 5.41) is 2.64. The molecule has 2 aliphatic heterocycles. The number of rotatable bonds is 3. The minimum atomic E-state index is -0.571. The molecule has 1 atom stereocenters. The van der Waals surface area contributed by atoms with E-state index in [1.54, 1.807) is 37.4 Å². The van der Waals surface area contributed by atoms with E-state index in [-0.39, 0.29) is 6.54 Å². The number of benzene rings is 1. The van der Waals surface area contributed by atoms with Gasteiger partial charge in [0, 0.05) is 23.4 Å². The molecule has 1 aromatic rings. The van der Waals surface area contributed by atoms with Gasteiger partial charge in [-0.15, -0.1) is 11.8 Å². The summed E-state index contributed by atoms with van der Waals surface area (Å²) in [6, 6.07) is 5.82. The Morgan fingerprint density at radius 3 is 2.89 bits per heavy atom. The highest BCUT2D eigenvalue weighted by Crippen LogP contribution is 2.38. The maximum Gasteiger partial charge on any atom is 0.414 e. The largest absolute Gasteiger partial charge is 0.444 e. The van der Waals surface area contributed by atoms with Crippen molar-refractivity contribution in [3.63, 3.8) is 0 Å². The van der Waals surface area contributed by atoms with Crippen molar-refractivity contribution in [2.75, 3.05) is 35.7 Å². The van der Waals surface area contributed by atoms with Crippen LogP contribution in [-0.4, -0.2) is 54.8 Å². The average Bonchev–Trinajstić information content (AvgIpc) is 2.95. The van der Waals surface area contributed by atoms with Crippen LogP contribution in [0.2, 0.25) is 0 Å². The Morgan fingerprint density at radius 1 is 1.44 bits per heavy atom. The second-order valence-electron chi connectivity index (χ2n) is 7.39. The fraction of sp³-hybridized carbons (Fsp3) is 0.500. The Balaban J connectivity index is 1.63. The van der Waals surface area contributed by atoms with Crippen LogP contribution in [0, 0.1) is 0 Å². The van der Waals surface area contributed by atoms with Crippen LogP contribution >= 0.6 is 24.0 Å². The van der Waals surface area contributed by atoms with Crippen molar-refractivity contribution in [1.29, 1.82) is 0 Å². The SMILES string of the molecule is CN1C(=S)CSc2cc(N3C[C@H](CNC(=O)OC(C)(C)C)OC3=O)ccc21. The van der Waals surface area contributed by atoms with Gasteiger partial charge in [0.05, 0.1) is 23.8 Å². The van der Waals surface area contributed by atoms with Gasteiger partial charge in [-0.3, -0.25) is 4.90 Å². The highest BCUT2D eigenvalue weighted by Gasteiger charge is 2.33. The van der Waals surface area contributed by atoms with Gasteiger partial charge in [0.25, 0.3) is 0 Å². The van der Waals surface area contributed by atoms with E-state index in [0.717, 1.165) is 27.0 Å². The molecule has 7 nitrogen and oxygen atoms in total. The number of carbonyl (C=O) groups excluding carboxylic acids is 2. The quantitative estimate of drug-likeness (QED) is 0.767. The Kier molecular flexibility index (Phi) is 5.53. The molecule has 1 N–H and O–H groups in total. The van der Waals surface area contributed by atoms with E-state index in [2.05, 4.69) is 5.32 Å². The maximum atomic E-state index is 12.3. The summed E-state index contributed by atoms with van der Waals surface area (Å²) >= 11 is 7.00. The molecule has 146 valence electrons. The van der Waals surface area contributed by atoms with Gasteiger partial charge in [-0.1, -0.05) is 12.2 Å². The Bertz CT molecular complexity index is 778. The number of nitrogens with one attached hydrogen (secondary N) is 1. The standard InChI is InChI=1S/C18H23N3O4S2/c1-18(2,3)25-16(22)19-8-12-9-21(17(23)24-12)11-5-6-13-14(7-11)27-10-15(26)20(13)4/h5-7,12H,8-10H2,1-4H3,(H,19,22)/t12-/m0/s1. The lowest BCUT2D eigenvalue weighted by Crippen LogP contribution is -2.38. The van der Waals surface area contributed by atoms with Gasteiger partial charge < -0.3 is 19.7 Å². The molecule has 1 saturated heterocycles. The molecule has 0 radical (unpaired) electrons. The number of ether oxygens (including phenoxy) is 2. The Hall–Kier alpha value is -2.00. The fourth-order valence-corrected chi connectivity index (χ4v) is 4.09. The van der Waals surface area contributed by atoms with Crippen LogP contribution in [0.3, 0.4) is 0 Å². The number of amides is 2. The zero-order valence-corrected chi connectivity index (χ0v) is 17.4. The molecule has 2 heterocycles. The maximum absolute atomic E-state index is 12.3. The molecular weight excluding hydrogens is 386 g/mol. The molecule has 0 unspecified atom stereocenters. The first kappa shape index (κ1) is 19.8. The topological polar surface area (TPSA) is 71.1 Å². The normalized spacial score (nSPS) is 19.6. The van der Waals surface area contributed by atoms with Gasteiger partial charge in [-0.2, -0.15) is 0 Å². The molecule has 0 bridgehead atoms. The Labute approximate surface area is 168 Å². The van der Waals surface area contributed by atoms with Crippen molar-refractivity contribution < 1.29 is 19.1 Å². The molecule has 9 heteroatoms. The van der Waals surface area contributed by atoms with E-state index in [0.29, 0.717) is 6.54 Å². The molecule has 0 spiro atoms. The molecule has 3 rings (SSSR count). The molecule has 2 amide bonds. The van der Waals surface area contributed by atoms with Gasteiger partial charge in [0.1, 0.15) is 11.7 Å². The predicted molar refractivity (Wildman–Crippen MR) is 110 cm³/mol. The molecular formula is C18H23N3O4S2. The summed E-state index contributed by atoms with van der Waals surface area (Å²) in [5.41, 5.74) is 1.24. The molecule has 0 aliphatic carbocycles. The monoisotopic (exact) mass is 409 g/mol. The third-order valence-electron chi connectivity index (χ3n) is 4.09. The van der Waals surface area contributed by atoms with Gasteiger partial charge in [-0.25, -0.2) is 9.59 Å². The van der Waals surface area contributed by atoms with Crippen molar-refractivity contribution in [1.82, 2.24) is 5.32 Å². The third kappa shape index (κ3) is 4.65. The lowest BCUT2D eigenvalue weighted by Gasteiger charge is -2.28. The van der Waals surface area contributed by atoms with Crippen LogP contribution in [-0.2, 0) is 9.47 Å². The van der Waals surface area contributed by atoms with Gasteiger partial charge >= 0.3 is 12.2 Å². The minimum absolute atomic E-state index is 0.202. The van der Waals surface area contributed by atoms with E-state index in [4.69, 9.17) is 21.7 Å². The van der Waals surface area contributed by atoms with E-state index < -0.39 is 23.9 Å². The van der Waals surface area contributed by atoms with Crippen molar-refractivity contribution in [3.05, 3.63) is 18.2 Å². The van der Waals surface area contributed by atoms with E-state index in [9.17, 15) is 9.59 Å². The number of fused-ring (bicyclic) bond motifs is 1. The number of thiocarbonyl (C=S) groups is 1. The zero-order chi connectivity index (χ0) is 19.8. The summed E-state index contributed by atoms with van der Waals surface area (Å²) in [4.78, 5) is 29.6. The molecule has 1 aromatic carbocycles. The first-order valence-electron chi connectivity index (χ1n) is 8.62. The lowest BCUT2D eigenvalue weighted by atomic mass is 10.2. The van der Waals surface area contributed by atoms with Crippen LogP contribution < -0.4 is 15.1 Å². The van der Waals surface area contributed by atoms with Crippen molar-refractivity contribution in [2.24, 2.45) is 0 Å². The highest BCUT2D eigenvalue weighted by molar-refractivity contribution is 8.01. The number of hydrogen-bond donors (Lipinski definition) is 1. The van der Waals surface area contributed by atoms with Crippen LogP contribution in [0.15, 0.2) is 23.1 Å². The number of hydrogen-bond acceptors (Lipinski definition) is 6. The first-order chi connectivity index (χ1) is 12.6. The summed E-state index contributed by atoms with van der Waals surface area (Å²) in [7, 11) is 1.95. The number of cyclic esters (lactones) is 1. The smallest absolute Gasteiger partial charge is 0.414 e. The van der Waals surface area contributed by atoms with Crippen LogP contribution in [0.25, 0.3) is 0 Å². The van der Waals surface area contributed by atoms with Crippen molar-refractivity contribution >= 4 is 52.5 Å². The molecule has 1 fully saturated rings. The van der Waals surface area contributed by atoms with Crippen LogP contribution in [0.5, 0.6) is 0 Å². The lowest BCUT2D eigenvalue weighted by molar-refractivity contribution is 0.0496. The molecule has 2 aliphatic rings. The molecule has 27 heavy (non-hydrogen) atoms. The minimum Gasteiger partial charge on any atom is -0.444 e. The van der Waals surface area contributed by atoms with Crippen molar-refractivity contribution in [3.8, 4) is 0 Å². The summed E-state index contributed by atoms with van der Waals surface area (Å²) in [6.45, 7) is 5.95. The average molecular weight is 410 g/mol. The number of nitrogens with zero attached hydrogens (tertiary/aromatic N) is 2. The third-order valence-corrected chi connectivity index (χ3v) is 5.75. The van der Waals surface area contributed by atoms with Gasteiger partial charge in [-0.05, 0) is 39.0 Å². The summed E-state index contributed by atoms with van der Waals surface area (Å²) in [5.74, 6) is 0.745. The number of alkyl carbamates (subject to hydrolysis) is 1. The van der Waals surface area contributed by atoms with Gasteiger partial charge in [0.2, 0.25) is 0 Å². The summed E-state index contributed by atoms with van der Waals surface area (Å²) in [6.07, 6.45) is -1.37. The van der Waals surface area contributed by atoms with Crippen LogP contribution in [0.1, 0.15) is 20.8 Å². The van der Waals surface area contributed by atoms with Gasteiger partial charge in [0.15, 0.2) is 0 Å². The fourth-order valence-electron chi connectivity index (χ4n) is 2.78. The Morgan fingerprint density at radius 2 is 2.19 bits per heavy atom. The first-order valence-corrected chi connectivity index (χ1v) is 10.0. The number of carbonyl (C=O) groups is 2. The van der Waals surface area contributed by atoms with Crippen molar-refractivity contribution in [2.45, 2.75) is 37.4 Å². The second-order valence-corrected chi connectivity index (χ2v) is 8.88. The second kappa shape index (κ2) is 7.55. The zero-order valence-electron chi connectivity index (χ0n) is 15.8. The molecule has 0 aromatic heterocycles. The van der Waals surface area contributed by atoms with E-state index in [1.807, 2.05) is 30.1 Å². The number of thioether (sulfide) groups is 1. The van der Waals surface area contributed by atoms with Crippen LogP contribution in [0.4, 0.5) is 21.0 Å². The summed E-state index contributed by atoms with van der Waals surface area (Å²) < 4.78 is 10.6. The number of anilines is 2. The van der Waals surface area contributed by atoms with E-state index >= 15 is 0 Å². The molecule has 0 saturated carbocycles.